The number of benzene rings is 2. The molecule has 4 rings (SSSR count). The molecule has 0 spiro atoms. The van der Waals surface area contributed by atoms with Gasteiger partial charge in [0, 0.05) is 22.7 Å². The van der Waals surface area contributed by atoms with E-state index in [1.54, 1.807) is 18.3 Å². The van der Waals surface area contributed by atoms with Crippen molar-refractivity contribution in [2.75, 3.05) is 10.6 Å². The molecule has 0 saturated carbocycles. The summed E-state index contributed by atoms with van der Waals surface area (Å²) in [6.07, 6.45) is 2.90. The molecule has 2 heterocycles. The Morgan fingerprint density at radius 1 is 1.04 bits per heavy atom. The Morgan fingerprint density at radius 3 is 2.59 bits per heavy atom. The zero-order chi connectivity index (χ0) is 18.6. The average molecular weight is 356 g/mol. The molecule has 3 N–H and O–H groups in total. The Labute approximate surface area is 155 Å². The van der Waals surface area contributed by atoms with Crippen LogP contribution < -0.4 is 10.6 Å². The fraction of sp³-hybridized carbons (Fsp3) is 0. The van der Waals surface area contributed by atoms with Crippen LogP contribution in [0.1, 0.15) is 0 Å². The van der Waals surface area contributed by atoms with Crippen molar-refractivity contribution in [3.63, 3.8) is 0 Å². The molecule has 0 radical (unpaired) electrons. The smallest absolute Gasteiger partial charge is 0.247 e. The van der Waals surface area contributed by atoms with E-state index in [-0.39, 0.29) is 5.91 Å². The number of nitrogens with zero attached hydrogens (tertiary/aromatic N) is 3. The molecule has 0 aliphatic carbocycles. The second kappa shape index (κ2) is 7.09. The van der Waals surface area contributed by atoms with Crippen molar-refractivity contribution >= 4 is 34.1 Å². The van der Waals surface area contributed by atoms with E-state index in [1.165, 1.54) is 6.08 Å². The number of carbonyl (C=O) groups excluding carboxylic acids is 1. The van der Waals surface area contributed by atoms with Crippen LogP contribution in [0.4, 0.5) is 17.3 Å². The van der Waals surface area contributed by atoms with Crippen molar-refractivity contribution in [3.8, 4) is 11.4 Å². The summed E-state index contributed by atoms with van der Waals surface area (Å²) in [6.45, 7) is 3.45. The van der Waals surface area contributed by atoms with Crippen molar-refractivity contribution in [1.29, 1.82) is 0 Å². The second-order valence-electron chi connectivity index (χ2n) is 5.78. The zero-order valence-electron chi connectivity index (χ0n) is 14.3. The number of amides is 1. The molecule has 27 heavy (non-hydrogen) atoms. The van der Waals surface area contributed by atoms with E-state index in [0.717, 1.165) is 22.3 Å². The third kappa shape index (κ3) is 3.52. The third-order valence-corrected chi connectivity index (χ3v) is 3.95. The SMILES string of the molecule is C=CC(=O)Nc1ccc(-c2nc(Nc3ccn[nH]3)c3ccccc3n2)cc1. The Morgan fingerprint density at radius 2 is 1.85 bits per heavy atom. The Balaban J connectivity index is 1.73. The molecule has 132 valence electrons. The number of rotatable bonds is 5. The molecule has 4 aromatic rings. The first-order valence-corrected chi connectivity index (χ1v) is 8.30. The van der Waals surface area contributed by atoms with Gasteiger partial charge in [0.05, 0.1) is 11.7 Å². The van der Waals surface area contributed by atoms with Gasteiger partial charge >= 0.3 is 0 Å². The number of hydrogen-bond acceptors (Lipinski definition) is 5. The minimum atomic E-state index is -0.254. The summed E-state index contributed by atoms with van der Waals surface area (Å²) >= 11 is 0. The lowest BCUT2D eigenvalue weighted by Gasteiger charge is -2.10. The molecule has 2 aromatic heterocycles. The number of hydrogen-bond donors (Lipinski definition) is 3. The molecule has 0 aliphatic rings. The normalized spacial score (nSPS) is 10.5. The number of carbonyl (C=O) groups is 1. The number of aromatic amines is 1. The molecule has 0 aliphatic heterocycles. The van der Waals surface area contributed by atoms with Crippen LogP contribution >= 0.6 is 0 Å². The highest BCUT2D eigenvalue weighted by molar-refractivity contribution is 5.99. The summed E-state index contributed by atoms with van der Waals surface area (Å²) < 4.78 is 0. The maximum atomic E-state index is 11.4. The van der Waals surface area contributed by atoms with E-state index in [9.17, 15) is 4.79 Å². The maximum Gasteiger partial charge on any atom is 0.247 e. The molecule has 7 heteroatoms. The summed E-state index contributed by atoms with van der Waals surface area (Å²) in [5, 5.41) is 13.7. The van der Waals surface area contributed by atoms with Crippen molar-refractivity contribution in [2.45, 2.75) is 0 Å². The van der Waals surface area contributed by atoms with Gasteiger partial charge in [-0.1, -0.05) is 18.7 Å². The number of para-hydroxylation sites is 1. The summed E-state index contributed by atoms with van der Waals surface area (Å²) in [4.78, 5) is 20.7. The number of anilines is 3. The quantitative estimate of drug-likeness (QED) is 0.472. The topological polar surface area (TPSA) is 95.6 Å². The third-order valence-electron chi connectivity index (χ3n) is 3.95. The van der Waals surface area contributed by atoms with Crippen LogP contribution in [-0.4, -0.2) is 26.1 Å². The highest BCUT2D eigenvalue weighted by Crippen LogP contribution is 2.27. The van der Waals surface area contributed by atoms with Gasteiger partial charge in [0.25, 0.3) is 0 Å². The van der Waals surface area contributed by atoms with Crippen molar-refractivity contribution in [2.24, 2.45) is 0 Å². The van der Waals surface area contributed by atoms with Gasteiger partial charge in [-0.15, -0.1) is 0 Å². The Hall–Kier alpha value is -4.00. The number of fused-ring (bicyclic) bond motifs is 1. The van der Waals surface area contributed by atoms with Gasteiger partial charge in [-0.3, -0.25) is 9.89 Å². The van der Waals surface area contributed by atoms with Gasteiger partial charge < -0.3 is 10.6 Å². The van der Waals surface area contributed by atoms with Gasteiger partial charge in [0.2, 0.25) is 5.91 Å². The molecule has 0 fully saturated rings. The summed E-state index contributed by atoms with van der Waals surface area (Å²) in [7, 11) is 0. The van der Waals surface area contributed by atoms with E-state index in [0.29, 0.717) is 17.3 Å². The first-order chi connectivity index (χ1) is 13.2. The molecule has 0 saturated heterocycles. The summed E-state index contributed by atoms with van der Waals surface area (Å²) in [6, 6.07) is 16.9. The van der Waals surface area contributed by atoms with E-state index in [2.05, 4.69) is 37.4 Å². The van der Waals surface area contributed by atoms with Crippen LogP contribution in [0.15, 0.2) is 73.4 Å². The fourth-order valence-electron chi connectivity index (χ4n) is 2.65. The molecule has 0 atom stereocenters. The predicted molar refractivity (Wildman–Crippen MR) is 106 cm³/mol. The van der Waals surface area contributed by atoms with Crippen LogP contribution in [-0.2, 0) is 4.79 Å². The predicted octanol–water partition coefficient (Wildman–Crippen LogP) is 3.89. The highest BCUT2D eigenvalue weighted by atomic mass is 16.1. The van der Waals surface area contributed by atoms with Crippen molar-refractivity contribution < 1.29 is 4.79 Å². The minimum Gasteiger partial charge on any atom is -0.325 e. The minimum absolute atomic E-state index is 0.254. The number of H-pyrrole nitrogens is 1. The first-order valence-electron chi connectivity index (χ1n) is 8.30. The summed E-state index contributed by atoms with van der Waals surface area (Å²) in [5.41, 5.74) is 2.35. The summed E-state index contributed by atoms with van der Waals surface area (Å²) in [5.74, 6) is 1.75. The molecule has 7 nitrogen and oxygen atoms in total. The van der Waals surface area contributed by atoms with Gasteiger partial charge in [-0.25, -0.2) is 9.97 Å². The van der Waals surface area contributed by atoms with Gasteiger partial charge in [0.15, 0.2) is 5.82 Å². The lowest BCUT2D eigenvalue weighted by molar-refractivity contribution is -0.111. The van der Waals surface area contributed by atoms with Gasteiger partial charge in [-0.05, 0) is 42.5 Å². The second-order valence-corrected chi connectivity index (χ2v) is 5.78. The van der Waals surface area contributed by atoms with Crippen LogP contribution in [0.2, 0.25) is 0 Å². The van der Waals surface area contributed by atoms with E-state index in [1.807, 2.05) is 42.5 Å². The van der Waals surface area contributed by atoms with E-state index in [4.69, 9.17) is 0 Å². The highest BCUT2D eigenvalue weighted by Gasteiger charge is 2.10. The largest absolute Gasteiger partial charge is 0.325 e. The molecule has 0 unspecified atom stereocenters. The Bertz CT molecular complexity index is 1100. The lowest BCUT2D eigenvalue weighted by atomic mass is 10.1. The first kappa shape index (κ1) is 16.5. The maximum absolute atomic E-state index is 11.4. The number of aromatic nitrogens is 4. The number of nitrogens with one attached hydrogen (secondary N) is 3. The lowest BCUT2D eigenvalue weighted by Crippen LogP contribution is -2.06. The van der Waals surface area contributed by atoms with Crippen molar-refractivity contribution in [3.05, 3.63) is 73.4 Å². The van der Waals surface area contributed by atoms with Gasteiger partial charge in [-0.2, -0.15) is 5.10 Å². The van der Waals surface area contributed by atoms with Crippen LogP contribution in [0, 0.1) is 0 Å². The Kier molecular flexibility index (Phi) is 4.32. The molecule has 1 amide bonds. The molecular weight excluding hydrogens is 340 g/mol. The standard InChI is InChI=1S/C20H16N6O/c1-2-18(27)22-14-9-7-13(8-10-14)19-23-16-6-4-3-5-15(16)20(25-19)24-17-11-12-21-26-17/h2-12H,1H2,(H,22,27)(H2,21,23,24,25,26). The van der Waals surface area contributed by atoms with Crippen LogP contribution in [0.5, 0.6) is 0 Å². The average Bonchev–Trinajstić information content (AvgIpc) is 3.21. The van der Waals surface area contributed by atoms with E-state index >= 15 is 0 Å². The molecule has 2 aromatic carbocycles. The van der Waals surface area contributed by atoms with Crippen LogP contribution in [0.25, 0.3) is 22.3 Å². The van der Waals surface area contributed by atoms with Crippen molar-refractivity contribution in [1.82, 2.24) is 20.2 Å². The fourth-order valence-corrected chi connectivity index (χ4v) is 2.65. The van der Waals surface area contributed by atoms with Crippen LogP contribution in [0.3, 0.4) is 0 Å². The monoisotopic (exact) mass is 356 g/mol. The van der Waals surface area contributed by atoms with E-state index < -0.39 is 0 Å². The molecule has 0 bridgehead atoms. The van der Waals surface area contributed by atoms with Gasteiger partial charge in [0.1, 0.15) is 11.6 Å². The molecular formula is C20H16N6O. The zero-order valence-corrected chi connectivity index (χ0v) is 14.3.